The number of hydrogen-bond donors (Lipinski definition) is 0. The van der Waals surface area contributed by atoms with Crippen LogP contribution in [-0.4, -0.2) is 64.0 Å². The van der Waals surface area contributed by atoms with Gasteiger partial charge in [-0.2, -0.15) is 0 Å². The molecule has 0 aliphatic carbocycles. The number of para-hydroxylation sites is 1. The molecule has 0 atom stereocenters. The zero-order chi connectivity index (χ0) is 23.1. The number of benzene rings is 2. The third kappa shape index (κ3) is 3.88. The molecule has 5 rings (SSSR count). The van der Waals surface area contributed by atoms with Gasteiger partial charge < -0.3 is 19.1 Å². The van der Waals surface area contributed by atoms with Crippen LogP contribution in [0.25, 0.3) is 0 Å². The molecule has 0 N–H and O–H groups in total. The van der Waals surface area contributed by atoms with Crippen LogP contribution < -0.4 is 14.5 Å². The largest absolute Gasteiger partial charge is 0.497 e. The lowest BCUT2D eigenvalue weighted by Gasteiger charge is -2.42. The molecule has 7 nitrogen and oxygen atoms in total. The Morgan fingerprint density at radius 1 is 0.970 bits per heavy atom. The average Bonchev–Trinajstić information content (AvgIpc) is 3.09. The summed E-state index contributed by atoms with van der Waals surface area (Å²) in [6.45, 7) is 9.40. The molecule has 0 saturated carbocycles. The van der Waals surface area contributed by atoms with Gasteiger partial charge in [-0.25, -0.2) is 0 Å². The van der Waals surface area contributed by atoms with E-state index in [-0.39, 0.29) is 11.3 Å². The van der Waals surface area contributed by atoms with Crippen LogP contribution in [0.2, 0.25) is 0 Å². The molecule has 0 aromatic heterocycles. The first-order valence-electron chi connectivity index (χ1n) is 11.8. The van der Waals surface area contributed by atoms with E-state index in [1.54, 1.807) is 7.11 Å². The fraction of sp³-hybridized carbons (Fsp3) is 0.500. The van der Waals surface area contributed by atoms with E-state index in [4.69, 9.17) is 14.2 Å². The Labute approximate surface area is 195 Å². The summed E-state index contributed by atoms with van der Waals surface area (Å²) in [5.74, 6) is -0.556. The van der Waals surface area contributed by atoms with Gasteiger partial charge in [-0.1, -0.05) is 32.0 Å². The van der Waals surface area contributed by atoms with Crippen molar-refractivity contribution >= 4 is 17.3 Å². The number of anilines is 2. The number of carbonyl (C=O) groups is 1. The van der Waals surface area contributed by atoms with Crippen LogP contribution in [0.4, 0.5) is 11.4 Å². The lowest BCUT2D eigenvalue weighted by atomic mass is 9.88. The molecule has 0 unspecified atom stereocenters. The molecule has 3 aliphatic heterocycles. The fourth-order valence-electron chi connectivity index (χ4n) is 4.79. The first-order valence-corrected chi connectivity index (χ1v) is 11.8. The predicted molar refractivity (Wildman–Crippen MR) is 128 cm³/mol. The van der Waals surface area contributed by atoms with Crippen LogP contribution >= 0.6 is 0 Å². The first kappa shape index (κ1) is 22.2. The van der Waals surface area contributed by atoms with Crippen LogP contribution in [0, 0.1) is 5.41 Å². The third-order valence-electron chi connectivity index (χ3n) is 7.33. The molecule has 7 heteroatoms. The van der Waals surface area contributed by atoms with Crippen molar-refractivity contribution in [1.82, 2.24) is 4.90 Å². The highest BCUT2D eigenvalue weighted by Crippen LogP contribution is 2.47. The smallest absolute Gasteiger partial charge is 0.293 e. The summed E-state index contributed by atoms with van der Waals surface area (Å²) in [6, 6.07) is 16.1. The highest BCUT2D eigenvalue weighted by atomic mass is 16.7. The summed E-state index contributed by atoms with van der Waals surface area (Å²) in [5, 5.41) is 0. The number of piperazine rings is 1. The van der Waals surface area contributed by atoms with Crippen LogP contribution in [0.5, 0.6) is 5.75 Å². The van der Waals surface area contributed by atoms with E-state index in [1.807, 2.05) is 41.3 Å². The van der Waals surface area contributed by atoms with Crippen molar-refractivity contribution in [2.45, 2.75) is 26.1 Å². The number of ether oxygens (including phenoxy) is 3. The monoisotopic (exact) mass is 451 g/mol. The van der Waals surface area contributed by atoms with Crippen LogP contribution in [0.15, 0.2) is 48.5 Å². The summed E-state index contributed by atoms with van der Waals surface area (Å²) in [7, 11) is 1.68. The van der Waals surface area contributed by atoms with Crippen molar-refractivity contribution < 1.29 is 19.0 Å². The van der Waals surface area contributed by atoms with Crippen LogP contribution in [-0.2, 0) is 20.1 Å². The molecule has 2 saturated heterocycles. The van der Waals surface area contributed by atoms with Crippen molar-refractivity contribution in [3.8, 4) is 5.75 Å². The second-order valence-corrected chi connectivity index (χ2v) is 9.55. The zero-order valence-electron chi connectivity index (χ0n) is 19.8. The van der Waals surface area contributed by atoms with E-state index in [0.29, 0.717) is 19.9 Å². The fourth-order valence-corrected chi connectivity index (χ4v) is 4.79. The standard InChI is InChI=1S/C26H33N3O4/c1-4-25(2)17-32-26(33-18-25)22-7-5-6-8-23(22)29(24(26)30)19-27-13-15-28(16-14-27)20-9-11-21(31-3)12-10-20/h5-12H,4,13-19H2,1-3H3. The number of methoxy groups -OCH3 is 1. The van der Waals surface area contributed by atoms with Crippen molar-refractivity contribution in [1.29, 1.82) is 0 Å². The lowest BCUT2D eigenvalue weighted by Crippen LogP contribution is -2.55. The van der Waals surface area contributed by atoms with Gasteiger partial charge in [0.05, 0.1) is 32.7 Å². The molecular weight excluding hydrogens is 418 g/mol. The van der Waals surface area contributed by atoms with E-state index >= 15 is 0 Å². The summed E-state index contributed by atoms with van der Waals surface area (Å²) in [4.78, 5) is 20.2. The van der Waals surface area contributed by atoms with Crippen LogP contribution in [0.1, 0.15) is 25.8 Å². The molecular formula is C26H33N3O4. The van der Waals surface area contributed by atoms with Crippen molar-refractivity contribution in [2.24, 2.45) is 5.41 Å². The van der Waals surface area contributed by atoms with Gasteiger partial charge in [-0.05, 0) is 36.8 Å². The highest BCUT2D eigenvalue weighted by molar-refractivity contribution is 6.06. The van der Waals surface area contributed by atoms with Crippen molar-refractivity contribution in [2.75, 3.05) is 63.0 Å². The van der Waals surface area contributed by atoms with E-state index in [2.05, 4.69) is 35.8 Å². The molecule has 2 aromatic carbocycles. The Bertz CT molecular complexity index is 993. The molecule has 0 bridgehead atoms. The number of nitrogens with zero attached hydrogens (tertiary/aromatic N) is 3. The minimum atomic E-state index is -1.31. The number of fused-ring (bicyclic) bond motifs is 2. The second-order valence-electron chi connectivity index (χ2n) is 9.55. The molecule has 176 valence electrons. The Morgan fingerprint density at radius 2 is 1.64 bits per heavy atom. The maximum Gasteiger partial charge on any atom is 0.293 e. The van der Waals surface area contributed by atoms with E-state index in [0.717, 1.165) is 49.6 Å². The van der Waals surface area contributed by atoms with Crippen molar-refractivity contribution in [3.63, 3.8) is 0 Å². The number of hydrogen-bond acceptors (Lipinski definition) is 6. The van der Waals surface area contributed by atoms with Gasteiger partial charge in [0.2, 0.25) is 0 Å². The number of carbonyl (C=O) groups excluding carboxylic acids is 1. The normalized spacial score (nSPS) is 27.8. The Balaban J connectivity index is 1.28. The predicted octanol–water partition coefficient (Wildman–Crippen LogP) is 3.44. The van der Waals surface area contributed by atoms with Gasteiger partial charge in [-0.3, -0.25) is 14.6 Å². The molecule has 3 aliphatic rings. The van der Waals surface area contributed by atoms with E-state index in [9.17, 15) is 4.79 Å². The first-order chi connectivity index (χ1) is 16.0. The third-order valence-corrected chi connectivity index (χ3v) is 7.33. The molecule has 33 heavy (non-hydrogen) atoms. The summed E-state index contributed by atoms with van der Waals surface area (Å²) in [6.07, 6.45) is 0.946. The van der Waals surface area contributed by atoms with E-state index in [1.165, 1.54) is 5.69 Å². The SMILES string of the molecule is CCC1(C)COC2(OC1)C(=O)N(CN1CCN(c3ccc(OC)cc3)CC1)c1ccccc12. The molecule has 2 fully saturated rings. The summed E-state index contributed by atoms with van der Waals surface area (Å²) < 4.78 is 17.7. The highest BCUT2D eigenvalue weighted by Gasteiger charge is 2.57. The molecule has 2 aromatic rings. The Morgan fingerprint density at radius 3 is 2.27 bits per heavy atom. The Kier molecular flexibility index (Phi) is 5.80. The average molecular weight is 452 g/mol. The van der Waals surface area contributed by atoms with Crippen molar-refractivity contribution in [3.05, 3.63) is 54.1 Å². The minimum absolute atomic E-state index is 0.0638. The molecule has 1 spiro atoms. The molecule has 3 heterocycles. The molecule has 1 amide bonds. The number of amides is 1. The van der Waals surface area contributed by atoms with Gasteiger partial charge >= 0.3 is 0 Å². The van der Waals surface area contributed by atoms with Crippen LogP contribution in [0.3, 0.4) is 0 Å². The quantitative estimate of drug-likeness (QED) is 0.694. The van der Waals surface area contributed by atoms with Gasteiger partial charge in [0.1, 0.15) is 5.75 Å². The second kappa shape index (κ2) is 8.63. The van der Waals surface area contributed by atoms with Gasteiger partial charge in [0.15, 0.2) is 0 Å². The zero-order valence-corrected chi connectivity index (χ0v) is 19.8. The lowest BCUT2D eigenvalue weighted by molar-refractivity contribution is -0.289. The number of rotatable bonds is 5. The van der Waals surface area contributed by atoms with Gasteiger partial charge in [0.25, 0.3) is 11.7 Å². The maximum atomic E-state index is 13.7. The van der Waals surface area contributed by atoms with Gasteiger partial charge in [-0.15, -0.1) is 0 Å². The maximum absolute atomic E-state index is 13.7. The topological polar surface area (TPSA) is 54.5 Å². The Hall–Kier alpha value is -2.61. The summed E-state index contributed by atoms with van der Waals surface area (Å²) >= 11 is 0. The molecule has 0 radical (unpaired) electrons. The van der Waals surface area contributed by atoms with Gasteiger partial charge in [0, 0.05) is 42.8 Å². The van der Waals surface area contributed by atoms with E-state index < -0.39 is 5.79 Å². The summed E-state index contributed by atoms with van der Waals surface area (Å²) in [5.41, 5.74) is 2.84. The minimum Gasteiger partial charge on any atom is -0.497 e.